The average molecular weight is 230 g/mol. The van der Waals surface area contributed by atoms with E-state index in [9.17, 15) is 9.59 Å². The Kier molecular flexibility index (Phi) is 2.40. The van der Waals surface area contributed by atoms with Crippen molar-refractivity contribution in [2.45, 2.75) is 6.42 Å². The van der Waals surface area contributed by atoms with Crippen molar-refractivity contribution >= 4 is 11.9 Å². The van der Waals surface area contributed by atoms with Gasteiger partial charge in [-0.2, -0.15) is 0 Å². The molecule has 86 valence electrons. The minimum Gasteiger partial charge on any atom is -0.481 e. The van der Waals surface area contributed by atoms with Gasteiger partial charge in [0.1, 0.15) is 5.41 Å². The number of carboxylic acid groups (broad SMARTS) is 2. The molecule has 2 unspecified atom stereocenters. The number of carbonyl (C=O) groups is 2. The van der Waals surface area contributed by atoms with E-state index in [0.717, 1.165) is 0 Å². The molecule has 3 aliphatic carbocycles. The van der Waals surface area contributed by atoms with E-state index in [4.69, 9.17) is 16.6 Å². The zero-order chi connectivity index (χ0) is 12.6. The molecule has 0 heterocycles. The summed E-state index contributed by atoms with van der Waals surface area (Å²) in [5.74, 6) is -1.24. The van der Waals surface area contributed by atoms with Crippen LogP contribution in [0, 0.1) is 23.7 Å². The van der Waals surface area contributed by atoms with Crippen LogP contribution in [0.2, 0.25) is 0 Å². The normalized spacial score (nSPS) is 25.9. The summed E-state index contributed by atoms with van der Waals surface area (Å²) in [7, 11) is 0. The van der Waals surface area contributed by atoms with Crippen molar-refractivity contribution in [3.05, 3.63) is 24.3 Å². The van der Waals surface area contributed by atoms with Crippen molar-refractivity contribution in [1.29, 1.82) is 0 Å². The van der Waals surface area contributed by atoms with Gasteiger partial charge in [-0.15, -0.1) is 6.42 Å². The molecule has 4 heteroatoms. The molecular formula is C13H10O4. The van der Waals surface area contributed by atoms with E-state index in [2.05, 4.69) is 24.3 Å². The van der Waals surface area contributed by atoms with E-state index >= 15 is 0 Å². The maximum Gasteiger partial charge on any atom is 0.322 e. The van der Waals surface area contributed by atoms with Gasteiger partial charge in [0.2, 0.25) is 0 Å². The molecule has 4 nitrogen and oxygen atoms in total. The van der Waals surface area contributed by atoms with Gasteiger partial charge in [-0.05, 0) is 17.5 Å². The summed E-state index contributed by atoms with van der Waals surface area (Å²) in [5, 5.41) is 16.9. The number of hydrogen-bond acceptors (Lipinski definition) is 2. The molecule has 0 spiro atoms. The summed E-state index contributed by atoms with van der Waals surface area (Å²) in [5.41, 5.74) is 1.43. The Morgan fingerprint density at radius 2 is 1.71 bits per heavy atom. The molecule has 1 fully saturated rings. The molecule has 0 aromatic heterocycles. The van der Waals surface area contributed by atoms with Crippen molar-refractivity contribution in [2.75, 3.05) is 0 Å². The van der Waals surface area contributed by atoms with E-state index in [0.29, 0.717) is 0 Å². The number of rotatable bonds is 2. The smallest absolute Gasteiger partial charge is 0.322 e. The molecule has 0 aromatic rings. The molecule has 0 saturated heterocycles. The monoisotopic (exact) mass is 230 g/mol. The topological polar surface area (TPSA) is 74.6 Å². The molecule has 3 rings (SSSR count). The molecule has 2 atom stereocenters. The largest absolute Gasteiger partial charge is 0.481 e. The molecule has 3 aliphatic rings. The van der Waals surface area contributed by atoms with Crippen molar-refractivity contribution in [1.82, 2.24) is 0 Å². The van der Waals surface area contributed by atoms with Gasteiger partial charge < -0.3 is 10.2 Å². The molecule has 17 heavy (non-hydrogen) atoms. The van der Waals surface area contributed by atoms with Gasteiger partial charge in [0.25, 0.3) is 0 Å². The first-order valence-electron chi connectivity index (χ1n) is 5.05. The first-order valence-corrected chi connectivity index (χ1v) is 5.05. The maximum atomic E-state index is 10.4. The Morgan fingerprint density at radius 1 is 1.24 bits per heavy atom. The van der Waals surface area contributed by atoms with Crippen LogP contribution in [-0.2, 0) is 9.59 Å². The molecular weight excluding hydrogens is 220 g/mol. The molecule has 0 aromatic carbocycles. The lowest BCUT2D eigenvalue weighted by atomic mass is 9.95. The zero-order valence-corrected chi connectivity index (χ0v) is 8.88. The summed E-state index contributed by atoms with van der Waals surface area (Å²) >= 11 is 0. The van der Waals surface area contributed by atoms with Gasteiger partial charge in [-0.25, -0.2) is 0 Å². The molecule has 0 aliphatic heterocycles. The fourth-order valence-corrected chi connectivity index (χ4v) is 1.68. The summed E-state index contributed by atoms with van der Waals surface area (Å²) in [6.07, 6.45) is 4.95. The first-order chi connectivity index (χ1) is 8.01. The van der Waals surface area contributed by atoms with Crippen molar-refractivity contribution in [2.24, 2.45) is 11.3 Å². The van der Waals surface area contributed by atoms with Crippen LogP contribution >= 0.6 is 0 Å². The lowest BCUT2D eigenvalue weighted by molar-refractivity contribution is -0.146. The molecule has 1 saturated carbocycles. The SMILES string of the molecule is C#CC1(C(=O)O)CC1C(=O)O.c1cc2ccc1-2. The lowest BCUT2D eigenvalue weighted by Gasteiger charge is -2.10. The summed E-state index contributed by atoms with van der Waals surface area (Å²) < 4.78 is 0. The van der Waals surface area contributed by atoms with Crippen molar-refractivity contribution in [3.63, 3.8) is 0 Å². The Bertz CT molecular complexity index is 502. The zero-order valence-electron chi connectivity index (χ0n) is 8.88. The van der Waals surface area contributed by atoms with Gasteiger partial charge >= 0.3 is 11.9 Å². The number of fused-ring (bicyclic) bond motifs is 1. The third-order valence-corrected chi connectivity index (χ3v) is 3.12. The Labute approximate surface area is 97.9 Å². The molecule has 0 bridgehead atoms. The predicted octanol–water partition coefficient (Wildman–Crippen LogP) is 1.46. The third-order valence-electron chi connectivity index (χ3n) is 3.12. The van der Waals surface area contributed by atoms with Crippen LogP contribution in [0.1, 0.15) is 6.42 Å². The second kappa shape index (κ2) is 3.63. The summed E-state index contributed by atoms with van der Waals surface area (Å²) in [6, 6.07) is 8.48. The first kappa shape index (κ1) is 11.2. The number of aliphatic carboxylic acids is 2. The summed E-state index contributed by atoms with van der Waals surface area (Å²) in [6.45, 7) is 0. The Hall–Kier alpha value is -2.28. The van der Waals surface area contributed by atoms with Crippen molar-refractivity contribution in [3.8, 4) is 23.5 Å². The number of carboxylic acids is 2. The minimum atomic E-state index is -1.42. The highest BCUT2D eigenvalue weighted by Gasteiger charge is 2.63. The standard InChI is InChI=1S/C7H6O4.C6H4/c1-2-7(6(10)11)3-4(7)5(8)9;1-2-6-4-3-5(1)6/h1,4H,3H2,(H,8,9)(H,10,11);1-4H. The number of benzene rings is 1. The van der Waals surface area contributed by atoms with Crippen LogP contribution in [0.4, 0.5) is 0 Å². The van der Waals surface area contributed by atoms with E-state index in [1.54, 1.807) is 0 Å². The highest BCUT2D eigenvalue weighted by atomic mass is 16.4. The fourth-order valence-electron chi connectivity index (χ4n) is 1.68. The average Bonchev–Trinajstić information content (AvgIpc) is 3.00. The third kappa shape index (κ3) is 1.66. The molecule has 0 radical (unpaired) electrons. The fraction of sp³-hybridized carbons (Fsp3) is 0.231. The lowest BCUT2D eigenvalue weighted by Crippen LogP contribution is -2.18. The Balaban J connectivity index is 0.000000148. The summed E-state index contributed by atoms with van der Waals surface area (Å²) in [4.78, 5) is 20.7. The Morgan fingerprint density at radius 3 is 1.76 bits per heavy atom. The van der Waals surface area contributed by atoms with Gasteiger partial charge in [-0.3, -0.25) is 9.59 Å². The van der Waals surface area contributed by atoms with Gasteiger partial charge in [0.05, 0.1) is 5.92 Å². The predicted molar refractivity (Wildman–Crippen MR) is 60.1 cm³/mol. The molecule has 0 amide bonds. The quantitative estimate of drug-likeness (QED) is 0.766. The minimum absolute atomic E-state index is 0.0498. The van der Waals surface area contributed by atoms with E-state index in [1.165, 1.54) is 11.1 Å². The van der Waals surface area contributed by atoms with Gasteiger partial charge in [0, 0.05) is 0 Å². The highest BCUT2D eigenvalue weighted by molar-refractivity contribution is 5.92. The van der Waals surface area contributed by atoms with Crippen LogP contribution in [0.15, 0.2) is 24.3 Å². The van der Waals surface area contributed by atoms with E-state index in [1.807, 2.05) is 5.92 Å². The van der Waals surface area contributed by atoms with E-state index in [-0.39, 0.29) is 6.42 Å². The highest BCUT2D eigenvalue weighted by Crippen LogP contribution is 2.52. The number of terminal acetylenes is 1. The van der Waals surface area contributed by atoms with Crippen LogP contribution in [-0.4, -0.2) is 22.2 Å². The van der Waals surface area contributed by atoms with Gasteiger partial charge in [0.15, 0.2) is 0 Å². The van der Waals surface area contributed by atoms with Crippen LogP contribution < -0.4 is 0 Å². The maximum absolute atomic E-state index is 10.4. The second-order valence-corrected chi connectivity index (χ2v) is 4.09. The van der Waals surface area contributed by atoms with Gasteiger partial charge in [-0.1, -0.05) is 30.2 Å². The van der Waals surface area contributed by atoms with Crippen LogP contribution in [0.3, 0.4) is 0 Å². The number of hydrogen-bond donors (Lipinski definition) is 2. The second-order valence-electron chi connectivity index (χ2n) is 4.09. The van der Waals surface area contributed by atoms with E-state index < -0.39 is 23.3 Å². The van der Waals surface area contributed by atoms with Crippen LogP contribution in [0.5, 0.6) is 0 Å². The van der Waals surface area contributed by atoms with Crippen molar-refractivity contribution < 1.29 is 19.8 Å². The molecule has 2 N–H and O–H groups in total. The van der Waals surface area contributed by atoms with Crippen LogP contribution in [0.25, 0.3) is 11.1 Å².